The lowest BCUT2D eigenvalue weighted by molar-refractivity contribution is 0.0179. The first-order valence-corrected chi connectivity index (χ1v) is 8.36. The van der Waals surface area contributed by atoms with E-state index in [-0.39, 0.29) is 6.04 Å². The first-order chi connectivity index (χ1) is 12.3. The van der Waals surface area contributed by atoms with Crippen LogP contribution in [0.3, 0.4) is 0 Å². The molecular weight excluding hydrogens is 320 g/mol. The van der Waals surface area contributed by atoms with Crippen LogP contribution in [0.25, 0.3) is 11.1 Å². The highest BCUT2D eigenvalue weighted by molar-refractivity contribution is 5.87. The molecule has 0 radical (unpaired) electrons. The molecular formula is C17H20N6O2. The summed E-state index contributed by atoms with van der Waals surface area (Å²) in [6, 6.07) is 6.14. The van der Waals surface area contributed by atoms with Crippen molar-refractivity contribution >= 4 is 16.9 Å². The molecule has 0 spiro atoms. The average molecular weight is 340 g/mol. The molecule has 4 rings (SSSR count). The van der Waals surface area contributed by atoms with Crippen LogP contribution in [-0.2, 0) is 4.74 Å². The second-order valence-electron chi connectivity index (χ2n) is 5.97. The lowest BCUT2D eigenvalue weighted by atomic mass is 10.1. The van der Waals surface area contributed by atoms with Crippen molar-refractivity contribution in [2.24, 2.45) is 0 Å². The molecule has 25 heavy (non-hydrogen) atoms. The number of morpholine rings is 1. The number of nitrogens with zero attached hydrogens (tertiary/aromatic N) is 5. The van der Waals surface area contributed by atoms with Gasteiger partial charge in [-0.2, -0.15) is 4.98 Å². The minimum atomic E-state index is 0.135. The monoisotopic (exact) mass is 340 g/mol. The Balaban J connectivity index is 1.59. The second kappa shape index (κ2) is 7.12. The van der Waals surface area contributed by atoms with Gasteiger partial charge in [0.25, 0.3) is 5.71 Å². The molecule has 1 N–H and O–H groups in total. The van der Waals surface area contributed by atoms with Gasteiger partial charge >= 0.3 is 0 Å². The standard InChI is InChI=1S/C17H20N6O2/c1-12-15-16(20-11-21-17(15)25-22-12)19-10-14(13-4-2-3-5-18-13)23-6-8-24-9-7-23/h2-5,11,14H,6-10H2,1H3,(H,19,20,21). The van der Waals surface area contributed by atoms with Gasteiger partial charge in [0.1, 0.15) is 17.5 Å². The number of hydrogen-bond acceptors (Lipinski definition) is 8. The second-order valence-corrected chi connectivity index (χ2v) is 5.97. The smallest absolute Gasteiger partial charge is 0.263 e. The van der Waals surface area contributed by atoms with Crippen molar-refractivity contribution in [2.45, 2.75) is 13.0 Å². The Hall–Kier alpha value is -2.58. The Bertz CT molecular complexity index is 832. The van der Waals surface area contributed by atoms with Gasteiger partial charge in [0.2, 0.25) is 0 Å². The number of pyridine rings is 1. The molecule has 3 aromatic heterocycles. The minimum Gasteiger partial charge on any atom is -0.379 e. The van der Waals surface area contributed by atoms with Crippen LogP contribution in [0.4, 0.5) is 5.82 Å². The zero-order valence-electron chi connectivity index (χ0n) is 14.1. The Morgan fingerprint density at radius 3 is 2.88 bits per heavy atom. The molecule has 130 valence electrons. The third-order valence-electron chi connectivity index (χ3n) is 4.42. The van der Waals surface area contributed by atoms with E-state index in [1.165, 1.54) is 6.33 Å². The van der Waals surface area contributed by atoms with Crippen LogP contribution in [-0.4, -0.2) is 57.9 Å². The fraction of sp³-hybridized carbons (Fsp3) is 0.412. The number of rotatable bonds is 5. The molecule has 8 heteroatoms. The van der Waals surface area contributed by atoms with Gasteiger partial charge in [0.05, 0.1) is 30.6 Å². The molecule has 0 aromatic carbocycles. The predicted molar refractivity (Wildman–Crippen MR) is 92.2 cm³/mol. The van der Waals surface area contributed by atoms with E-state index in [0.717, 1.165) is 48.9 Å². The van der Waals surface area contributed by atoms with Crippen molar-refractivity contribution in [2.75, 3.05) is 38.2 Å². The number of nitrogens with one attached hydrogen (secondary N) is 1. The van der Waals surface area contributed by atoms with Crippen molar-refractivity contribution in [3.8, 4) is 0 Å². The molecule has 4 heterocycles. The molecule has 0 amide bonds. The van der Waals surface area contributed by atoms with Crippen molar-refractivity contribution in [1.29, 1.82) is 0 Å². The Kier molecular flexibility index (Phi) is 4.53. The van der Waals surface area contributed by atoms with E-state index in [1.807, 2.05) is 25.3 Å². The fourth-order valence-electron chi connectivity index (χ4n) is 3.13. The highest BCUT2D eigenvalue weighted by Crippen LogP contribution is 2.25. The summed E-state index contributed by atoms with van der Waals surface area (Å²) in [6.45, 7) is 5.81. The van der Waals surface area contributed by atoms with Crippen LogP contribution in [0, 0.1) is 6.92 Å². The van der Waals surface area contributed by atoms with E-state index in [1.54, 1.807) is 0 Å². The molecule has 1 atom stereocenters. The minimum absolute atomic E-state index is 0.135. The molecule has 1 fully saturated rings. The highest BCUT2D eigenvalue weighted by atomic mass is 16.5. The van der Waals surface area contributed by atoms with Gasteiger partial charge in [-0.15, -0.1) is 0 Å². The van der Waals surface area contributed by atoms with E-state index < -0.39 is 0 Å². The zero-order chi connectivity index (χ0) is 17.1. The maximum atomic E-state index is 5.49. The summed E-state index contributed by atoms with van der Waals surface area (Å²) in [5.74, 6) is 0.734. The van der Waals surface area contributed by atoms with Crippen molar-refractivity contribution in [3.05, 3.63) is 42.1 Å². The summed E-state index contributed by atoms with van der Waals surface area (Å²) in [7, 11) is 0. The predicted octanol–water partition coefficient (Wildman–Crippen LogP) is 1.81. The maximum absolute atomic E-state index is 5.49. The molecule has 0 bridgehead atoms. The number of aromatic nitrogens is 4. The van der Waals surface area contributed by atoms with E-state index in [0.29, 0.717) is 12.3 Å². The summed E-state index contributed by atoms with van der Waals surface area (Å²) >= 11 is 0. The molecule has 0 aliphatic carbocycles. The highest BCUT2D eigenvalue weighted by Gasteiger charge is 2.24. The SMILES string of the molecule is Cc1noc2ncnc(NCC(c3ccccn3)N3CCOCC3)c12. The molecule has 1 aliphatic heterocycles. The first-order valence-electron chi connectivity index (χ1n) is 8.36. The molecule has 3 aromatic rings. The first kappa shape index (κ1) is 15.9. The van der Waals surface area contributed by atoms with Crippen molar-refractivity contribution < 1.29 is 9.26 Å². The van der Waals surface area contributed by atoms with E-state index in [9.17, 15) is 0 Å². The van der Waals surface area contributed by atoms with Crippen LogP contribution < -0.4 is 5.32 Å². The number of hydrogen-bond donors (Lipinski definition) is 1. The van der Waals surface area contributed by atoms with E-state index in [2.05, 4.69) is 36.4 Å². The molecule has 0 saturated carbocycles. The summed E-state index contributed by atoms with van der Waals surface area (Å²) < 4.78 is 10.7. The Labute approximate surface area is 145 Å². The number of fused-ring (bicyclic) bond motifs is 1. The topological polar surface area (TPSA) is 89.2 Å². The lowest BCUT2D eigenvalue weighted by Gasteiger charge is -2.34. The number of ether oxygens (including phenoxy) is 1. The van der Waals surface area contributed by atoms with Gasteiger partial charge in [0, 0.05) is 25.8 Å². The third kappa shape index (κ3) is 3.31. The van der Waals surface area contributed by atoms with Crippen molar-refractivity contribution in [1.82, 2.24) is 25.0 Å². The van der Waals surface area contributed by atoms with Gasteiger partial charge in [0.15, 0.2) is 0 Å². The van der Waals surface area contributed by atoms with Gasteiger partial charge in [-0.25, -0.2) is 4.98 Å². The average Bonchev–Trinajstić information content (AvgIpc) is 3.06. The van der Waals surface area contributed by atoms with Crippen LogP contribution in [0.1, 0.15) is 17.4 Å². The summed E-state index contributed by atoms with van der Waals surface area (Å²) in [6.07, 6.45) is 3.32. The zero-order valence-corrected chi connectivity index (χ0v) is 14.1. The van der Waals surface area contributed by atoms with Crippen LogP contribution in [0.15, 0.2) is 35.2 Å². The summed E-state index contributed by atoms with van der Waals surface area (Å²) in [4.78, 5) is 15.4. The van der Waals surface area contributed by atoms with Crippen LogP contribution >= 0.6 is 0 Å². The van der Waals surface area contributed by atoms with Gasteiger partial charge in [-0.3, -0.25) is 9.88 Å². The maximum Gasteiger partial charge on any atom is 0.263 e. The van der Waals surface area contributed by atoms with Gasteiger partial charge in [-0.1, -0.05) is 11.2 Å². The molecule has 1 saturated heterocycles. The van der Waals surface area contributed by atoms with Gasteiger partial charge < -0.3 is 14.6 Å². The number of aryl methyl sites for hydroxylation is 1. The fourth-order valence-corrected chi connectivity index (χ4v) is 3.13. The van der Waals surface area contributed by atoms with Crippen LogP contribution in [0.2, 0.25) is 0 Å². The Morgan fingerprint density at radius 2 is 2.08 bits per heavy atom. The summed E-state index contributed by atoms with van der Waals surface area (Å²) in [5, 5.41) is 8.23. The molecule has 8 nitrogen and oxygen atoms in total. The normalized spacial score (nSPS) is 16.8. The molecule has 1 aliphatic rings. The van der Waals surface area contributed by atoms with Crippen molar-refractivity contribution in [3.63, 3.8) is 0 Å². The molecule has 1 unspecified atom stereocenters. The largest absolute Gasteiger partial charge is 0.379 e. The van der Waals surface area contributed by atoms with Gasteiger partial charge in [-0.05, 0) is 19.1 Å². The summed E-state index contributed by atoms with van der Waals surface area (Å²) in [5.41, 5.74) is 2.30. The number of anilines is 1. The Morgan fingerprint density at radius 1 is 1.20 bits per heavy atom. The quantitative estimate of drug-likeness (QED) is 0.752. The van der Waals surface area contributed by atoms with Crippen LogP contribution in [0.5, 0.6) is 0 Å². The van der Waals surface area contributed by atoms with E-state index in [4.69, 9.17) is 9.26 Å². The van der Waals surface area contributed by atoms with E-state index >= 15 is 0 Å². The lowest BCUT2D eigenvalue weighted by Crippen LogP contribution is -2.41. The third-order valence-corrected chi connectivity index (χ3v) is 4.42.